The summed E-state index contributed by atoms with van der Waals surface area (Å²) in [6.45, 7) is 4.54. The number of hydrogen-bond acceptors (Lipinski definition) is 6. The molecule has 8 nitrogen and oxygen atoms in total. The van der Waals surface area contributed by atoms with Crippen molar-refractivity contribution in [3.63, 3.8) is 0 Å². The molecule has 2 saturated heterocycles. The maximum atomic E-state index is 13.2. The van der Waals surface area contributed by atoms with E-state index in [-0.39, 0.29) is 29.8 Å². The molecule has 1 N–H and O–H groups in total. The second-order valence-electron chi connectivity index (χ2n) is 8.93. The zero-order valence-electron chi connectivity index (χ0n) is 19.3. The number of hydrogen-bond donors (Lipinski definition) is 1. The number of aromatic nitrogens is 1. The van der Waals surface area contributed by atoms with E-state index in [1.807, 2.05) is 11.0 Å². The molecule has 1 aromatic heterocycles. The molecular formula is C24H26ClN5O3S2. The van der Waals surface area contributed by atoms with Gasteiger partial charge in [0.15, 0.2) is 5.01 Å². The van der Waals surface area contributed by atoms with E-state index in [2.05, 4.69) is 4.98 Å². The molecular weight excluding hydrogens is 506 g/mol. The maximum Gasteiger partial charge on any atom is 0.282 e. The number of thiazole rings is 1. The summed E-state index contributed by atoms with van der Waals surface area (Å²) in [7, 11) is -3.67. The van der Waals surface area contributed by atoms with Gasteiger partial charge < -0.3 is 9.80 Å². The Hall–Kier alpha value is -2.53. The molecule has 0 aliphatic carbocycles. The number of benzene rings is 2. The van der Waals surface area contributed by atoms with Crippen molar-refractivity contribution in [3.05, 3.63) is 57.5 Å². The second kappa shape index (κ2) is 9.50. The van der Waals surface area contributed by atoms with Gasteiger partial charge in [0, 0.05) is 61.3 Å². The maximum absolute atomic E-state index is 13.2. The molecule has 0 bridgehead atoms. The zero-order valence-corrected chi connectivity index (χ0v) is 21.7. The number of likely N-dealkylation sites (tertiary alicyclic amines) is 1. The number of carbonyl (C=O) groups excluding carboxylic acids is 1. The third kappa shape index (κ3) is 4.80. The van der Waals surface area contributed by atoms with Gasteiger partial charge in [0.25, 0.3) is 5.91 Å². The molecule has 2 aliphatic heterocycles. The van der Waals surface area contributed by atoms with Crippen LogP contribution in [-0.4, -0.2) is 78.5 Å². The fourth-order valence-electron chi connectivity index (χ4n) is 4.64. The lowest BCUT2D eigenvalue weighted by atomic mass is 10.1. The molecule has 3 aromatic rings. The fraction of sp³-hybridized carbons (Fsp3) is 0.375. The average Bonchev–Trinajstić information content (AvgIpc) is 3.53. The van der Waals surface area contributed by atoms with Crippen molar-refractivity contribution in [2.75, 3.05) is 39.3 Å². The van der Waals surface area contributed by atoms with Crippen molar-refractivity contribution in [2.45, 2.75) is 24.2 Å². The Morgan fingerprint density at radius 3 is 2.49 bits per heavy atom. The molecule has 184 valence electrons. The molecule has 3 heterocycles. The second-order valence-corrected chi connectivity index (χ2v) is 12.4. The minimum absolute atomic E-state index is 0.154. The predicted molar refractivity (Wildman–Crippen MR) is 138 cm³/mol. The largest absolute Gasteiger partial charge is 0.360 e. The smallest absolute Gasteiger partial charge is 0.282 e. The number of amides is 1. The lowest BCUT2D eigenvalue weighted by Gasteiger charge is -2.33. The average molecular weight is 532 g/mol. The summed E-state index contributed by atoms with van der Waals surface area (Å²) in [5.41, 5.74) is 0. The van der Waals surface area contributed by atoms with E-state index in [9.17, 15) is 13.2 Å². The summed E-state index contributed by atoms with van der Waals surface area (Å²) < 4.78 is 27.9. The van der Waals surface area contributed by atoms with Gasteiger partial charge in [-0.1, -0.05) is 23.7 Å². The van der Waals surface area contributed by atoms with Gasteiger partial charge >= 0.3 is 0 Å². The van der Waals surface area contributed by atoms with Gasteiger partial charge in [0.2, 0.25) is 10.0 Å². The van der Waals surface area contributed by atoms with E-state index >= 15 is 0 Å². The first-order valence-corrected chi connectivity index (χ1v) is 14.1. The highest BCUT2D eigenvalue weighted by Gasteiger charge is 2.32. The normalized spacial score (nSPS) is 19.4. The lowest BCUT2D eigenvalue weighted by molar-refractivity contribution is 0.0697. The Kier molecular flexibility index (Phi) is 6.56. The molecule has 0 spiro atoms. The van der Waals surface area contributed by atoms with Crippen molar-refractivity contribution in [2.24, 2.45) is 0 Å². The quantitative estimate of drug-likeness (QED) is 0.407. The Labute approximate surface area is 213 Å². The van der Waals surface area contributed by atoms with Crippen LogP contribution in [0.2, 0.25) is 5.02 Å². The van der Waals surface area contributed by atoms with Crippen LogP contribution in [0.3, 0.4) is 0 Å². The first-order valence-electron chi connectivity index (χ1n) is 11.5. The molecule has 5 rings (SSSR count). The van der Waals surface area contributed by atoms with Crippen LogP contribution in [0.4, 0.5) is 0 Å². The van der Waals surface area contributed by atoms with Crippen molar-refractivity contribution >= 4 is 55.5 Å². The Bertz CT molecular complexity index is 1400. The number of carbonyl (C=O) groups is 1. The summed E-state index contributed by atoms with van der Waals surface area (Å²) >= 11 is 7.44. The summed E-state index contributed by atoms with van der Waals surface area (Å²) in [5, 5.41) is 10.5. The van der Waals surface area contributed by atoms with Gasteiger partial charge in [-0.15, -0.1) is 11.3 Å². The minimum Gasteiger partial charge on any atom is -0.360 e. The molecule has 2 aromatic carbocycles. The van der Waals surface area contributed by atoms with Crippen LogP contribution in [0, 0.1) is 5.41 Å². The standard InChI is InChI=1S/C24H26ClN5O3S2/c1-16(26)29-7-6-19(15-29)22-14-27-23(34-22)24(31)28-8-10-30(11-9-28)35(32,33)21-5-3-17-12-20(25)4-2-18(17)13-21/h2-5,12-14,19,26H,6-11,15H2,1H3. The van der Waals surface area contributed by atoms with Crippen molar-refractivity contribution in [3.8, 4) is 0 Å². The lowest BCUT2D eigenvalue weighted by Crippen LogP contribution is -2.50. The topological polar surface area (TPSA) is 97.7 Å². The number of piperazine rings is 1. The number of halogens is 1. The van der Waals surface area contributed by atoms with E-state index in [4.69, 9.17) is 17.0 Å². The highest BCUT2D eigenvalue weighted by atomic mass is 35.5. The van der Waals surface area contributed by atoms with Crippen molar-refractivity contribution in [1.82, 2.24) is 19.1 Å². The van der Waals surface area contributed by atoms with Gasteiger partial charge in [-0.2, -0.15) is 4.31 Å². The Morgan fingerprint density at radius 1 is 1.06 bits per heavy atom. The molecule has 0 radical (unpaired) electrons. The van der Waals surface area contributed by atoms with E-state index in [1.165, 1.54) is 15.6 Å². The van der Waals surface area contributed by atoms with Gasteiger partial charge in [0.05, 0.1) is 10.7 Å². The van der Waals surface area contributed by atoms with Gasteiger partial charge in [0.1, 0.15) is 0 Å². The summed E-state index contributed by atoms with van der Waals surface area (Å²) in [6, 6.07) is 10.4. The van der Waals surface area contributed by atoms with Gasteiger partial charge in [-0.25, -0.2) is 13.4 Å². The van der Waals surface area contributed by atoms with Crippen LogP contribution in [0.1, 0.15) is 33.9 Å². The first-order chi connectivity index (χ1) is 16.7. The summed E-state index contributed by atoms with van der Waals surface area (Å²) in [6.07, 6.45) is 2.73. The number of rotatable bonds is 4. The van der Waals surface area contributed by atoms with Crippen LogP contribution < -0.4 is 0 Å². The van der Waals surface area contributed by atoms with E-state index < -0.39 is 10.0 Å². The molecule has 2 aliphatic rings. The van der Waals surface area contributed by atoms with Crippen molar-refractivity contribution < 1.29 is 13.2 Å². The molecule has 35 heavy (non-hydrogen) atoms. The van der Waals surface area contributed by atoms with E-state index in [0.717, 1.165) is 35.2 Å². The van der Waals surface area contributed by atoms with Crippen molar-refractivity contribution in [1.29, 1.82) is 5.41 Å². The highest BCUT2D eigenvalue weighted by molar-refractivity contribution is 7.89. The predicted octanol–water partition coefficient (Wildman–Crippen LogP) is 3.88. The number of nitrogens with zero attached hydrogens (tertiary/aromatic N) is 4. The third-order valence-corrected chi connectivity index (χ3v) is 9.99. The molecule has 1 amide bonds. The highest BCUT2D eigenvalue weighted by Crippen LogP contribution is 2.32. The van der Waals surface area contributed by atoms with Gasteiger partial charge in [-0.05, 0) is 48.4 Å². The molecule has 1 atom stereocenters. The van der Waals surface area contributed by atoms with E-state index in [0.29, 0.717) is 29.0 Å². The molecule has 1 unspecified atom stereocenters. The van der Waals surface area contributed by atoms with Crippen LogP contribution in [0.25, 0.3) is 10.8 Å². The van der Waals surface area contributed by atoms with Crippen LogP contribution >= 0.6 is 22.9 Å². The number of nitrogens with one attached hydrogen (secondary N) is 1. The van der Waals surface area contributed by atoms with Crippen LogP contribution in [0.15, 0.2) is 47.5 Å². The molecule has 2 fully saturated rings. The summed E-state index contributed by atoms with van der Waals surface area (Å²) in [4.78, 5) is 22.4. The van der Waals surface area contributed by atoms with Gasteiger partial charge in [-0.3, -0.25) is 10.2 Å². The Morgan fingerprint density at radius 2 is 1.77 bits per heavy atom. The number of sulfonamides is 1. The Balaban J connectivity index is 1.23. The third-order valence-electron chi connectivity index (χ3n) is 6.71. The number of amidine groups is 1. The van der Waals surface area contributed by atoms with Crippen LogP contribution in [0.5, 0.6) is 0 Å². The molecule has 0 saturated carbocycles. The van der Waals surface area contributed by atoms with Crippen LogP contribution in [-0.2, 0) is 10.0 Å². The molecule has 11 heteroatoms. The number of fused-ring (bicyclic) bond motifs is 1. The first kappa shape index (κ1) is 24.2. The SMILES string of the molecule is CC(=N)N1CCC(c2cnc(C(=O)N3CCN(S(=O)(=O)c4ccc5cc(Cl)ccc5c4)CC3)s2)C1. The summed E-state index contributed by atoms with van der Waals surface area (Å²) in [5.74, 6) is 0.697. The monoisotopic (exact) mass is 531 g/mol. The zero-order chi connectivity index (χ0) is 24.7. The van der Waals surface area contributed by atoms with E-state index in [1.54, 1.807) is 48.4 Å². The fourth-order valence-corrected chi connectivity index (χ4v) is 7.29. The minimum atomic E-state index is -3.67.